The fourth-order valence-corrected chi connectivity index (χ4v) is 2.11. The minimum absolute atomic E-state index is 0.0959. The molecule has 0 heterocycles. The fraction of sp³-hybridized carbons (Fsp3) is 0.294. The van der Waals surface area contributed by atoms with Crippen molar-refractivity contribution in [2.75, 3.05) is 6.61 Å². The number of ether oxygens (including phenoxy) is 1. The molecule has 2 nitrogen and oxygen atoms in total. The highest BCUT2D eigenvalue weighted by Gasteiger charge is 2.07. The molecular weight excluding hydrogens is 234 g/mol. The van der Waals surface area contributed by atoms with Gasteiger partial charge < -0.3 is 10.5 Å². The van der Waals surface area contributed by atoms with E-state index in [0.29, 0.717) is 6.61 Å². The molecule has 0 fully saturated rings. The van der Waals surface area contributed by atoms with E-state index in [-0.39, 0.29) is 6.04 Å². The maximum atomic E-state index is 6.14. The van der Waals surface area contributed by atoms with Crippen LogP contribution in [0.25, 0.3) is 0 Å². The molecule has 0 aliphatic heterocycles. The zero-order chi connectivity index (χ0) is 13.8. The summed E-state index contributed by atoms with van der Waals surface area (Å²) in [5.41, 5.74) is 10.9. The lowest BCUT2D eigenvalue weighted by Gasteiger charge is -2.14. The van der Waals surface area contributed by atoms with Gasteiger partial charge in [0.05, 0.1) is 6.04 Å². The van der Waals surface area contributed by atoms with Crippen LogP contribution < -0.4 is 10.5 Å². The molecule has 0 aliphatic carbocycles. The molecule has 2 aromatic carbocycles. The lowest BCUT2D eigenvalue weighted by molar-refractivity contribution is 0.290. The van der Waals surface area contributed by atoms with E-state index in [0.717, 1.165) is 11.3 Å². The van der Waals surface area contributed by atoms with Gasteiger partial charge in [0.2, 0.25) is 0 Å². The average Bonchev–Trinajstić information content (AvgIpc) is 2.36. The Labute approximate surface area is 115 Å². The van der Waals surface area contributed by atoms with E-state index in [4.69, 9.17) is 10.5 Å². The first-order valence-corrected chi connectivity index (χ1v) is 6.58. The zero-order valence-corrected chi connectivity index (χ0v) is 11.8. The number of rotatable bonds is 4. The van der Waals surface area contributed by atoms with Gasteiger partial charge >= 0.3 is 0 Å². The second kappa shape index (κ2) is 5.89. The standard InChI is InChI=1S/C17H21NO/c1-12-4-6-15(7-5-12)17(18)11-19-16-9-13(2)8-14(3)10-16/h4-10,17H,11,18H2,1-3H3. The van der Waals surface area contributed by atoms with Crippen LogP contribution in [0.3, 0.4) is 0 Å². The van der Waals surface area contributed by atoms with Crippen molar-refractivity contribution in [1.29, 1.82) is 0 Å². The van der Waals surface area contributed by atoms with Crippen molar-refractivity contribution < 1.29 is 4.74 Å². The SMILES string of the molecule is Cc1ccc(C(N)COc2cc(C)cc(C)c2)cc1. The third-order valence-corrected chi connectivity index (χ3v) is 3.13. The van der Waals surface area contributed by atoms with E-state index in [9.17, 15) is 0 Å². The van der Waals surface area contributed by atoms with Crippen molar-refractivity contribution in [3.8, 4) is 5.75 Å². The summed E-state index contributed by atoms with van der Waals surface area (Å²) in [7, 11) is 0. The first-order chi connectivity index (χ1) is 9.04. The molecule has 19 heavy (non-hydrogen) atoms. The Kier molecular flexibility index (Phi) is 4.23. The van der Waals surface area contributed by atoms with E-state index >= 15 is 0 Å². The monoisotopic (exact) mass is 255 g/mol. The van der Waals surface area contributed by atoms with Gasteiger partial charge in [0.25, 0.3) is 0 Å². The predicted octanol–water partition coefficient (Wildman–Crippen LogP) is 3.69. The second-order valence-electron chi connectivity index (χ2n) is 5.15. The maximum Gasteiger partial charge on any atom is 0.119 e. The Bertz CT molecular complexity index is 525. The van der Waals surface area contributed by atoms with Crippen molar-refractivity contribution in [3.63, 3.8) is 0 Å². The summed E-state index contributed by atoms with van der Waals surface area (Å²) in [5, 5.41) is 0. The third kappa shape index (κ3) is 3.83. The summed E-state index contributed by atoms with van der Waals surface area (Å²) < 4.78 is 5.79. The van der Waals surface area contributed by atoms with Crippen molar-refractivity contribution in [2.24, 2.45) is 5.73 Å². The second-order valence-corrected chi connectivity index (χ2v) is 5.15. The molecule has 0 spiro atoms. The fourth-order valence-electron chi connectivity index (χ4n) is 2.11. The van der Waals surface area contributed by atoms with Gasteiger partial charge in [0, 0.05) is 0 Å². The van der Waals surface area contributed by atoms with E-state index < -0.39 is 0 Å². The van der Waals surface area contributed by atoms with Crippen LogP contribution in [0.5, 0.6) is 5.75 Å². The average molecular weight is 255 g/mol. The normalized spacial score (nSPS) is 12.2. The molecule has 2 N–H and O–H groups in total. The van der Waals surface area contributed by atoms with Crippen LogP contribution in [0, 0.1) is 20.8 Å². The van der Waals surface area contributed by atoms with E-state index in [1.165, 1.54) is 16.7 Å². The van der Waals surface area contributed by atoms with Gasteiger partial charge in [0.15, 0.2) is 0 Å². The van der Waals surface area contributed by atoms with E-state index in [1.54, 1.807) is 0 Å². The summed E-state index contributed by atoms with van der Waals surface area (Å²) in [6, 6.07) is 14.4. The quantitative estimate of drug-likeness (QED) is 0.904. The van der Waals surface area contributed by atoms with Crippen LogP contribution in [-0.4, -0.2) is 6.61 Å². The lowest BCUT2D eigenvalue weighted by atomic mass is 10.1. The molecule has 100 valence electrons. The molecule has 0 amide bonds. The minimum Gasteiger partial charge on any atom is -0.492 e. The Balaban J connectivity index is 1.99. The molecule has 0 aromatic heterocycles. The van der Waals surface area contributed by atoms with Crippen LogP contribution in [-0.2, 0) is 0 Å². The van der Waals surface area contributed by atoms with Crippen molar-refractivity contribution >= 4 is 0 Å². The number of aryl methyl sites for hydroxylation is 3. The van der Waals surface area contributed by atoms with Gasteiger partial charge in [-0.05, 0) is 49.6 Å². The number of hydrogen-bond donors (Lipinski definition) is 1. The Morgan fingerprint density at radius 2 is 1.47 bits per heavy atom. The largest absolute Gasteiger partial charge is 0.492 e. The van der Waals surface area contributed by atoms with Gasteiger partial charge in [0.1, 0.15) is 12.4 Å². The molecule has 1 atom stereocenters. The van der Waals surface area contributed by atoms with Gasteiger partial charge in [-0.1, -0.05) is 35.9 Å². The molecule has 2 aromatic rings. The first-order valence-electron chi connectivity index (χ1n) is 6.58. The van der Waals surface area contributed by atoms with E-state index in [2.05, 4.69) is 51.1 Å². The maximum absolute atomic E-state index is 6.14. The molecule has 0 saturated carbocycles. The van der Waals surface area contributed by atoms with Gasteiger partial charge in [-0.15, -0.1) is 0 Å². The predicted molar refractivity (Wildman–Crippen MR) is 79.5 cm³/mol. The molecule has 2 rings (SSSR count). The van der Waals surface area contributed by atoms with Crippen molar-refractivity contribution in [1.82, 2.24) is 0 Å². The first kappa shape index (κ1) is 13.6. The van der Waals surface area contributed by atoms with Gasteiger partial charge in [-0.25, -0.2) is 0 Å². The summed E-state index contributed by atoms with van der Waals surface area (Å²) in [4.78, 5) is 0. The van der Waals surface area contributed by atoms with Crippen LogP contribution in [0.1, 0.15) is 28.3 Å². The smallest absolute Gasteiger partial charge is 0.119 e. The Morgan fingerprint density at radius 3 is 2.05 bits per heavy atom. The Morgan fingerprint density at radius 1 is 0.895 bits per heavy atom. The highest BCUT2D eigenvalue weighted by Crippen LogP contribution is 2.18. The molecule has 0 bridgehead atoms. The third-order valence-electron chi connectivity index (χ3n) is 3.13. The van der Waals surface area contributed by atoms with Gasteiger partial charge in [-0.3, -0.25) is 0 Å². The molecule has 0 radical (unpaired) electrons. The van der Waals surface area contributed by atoms with Crippen LogP contribution in [0.15, 0.2) is 42.5 Å². The van der Waals surface area contributed by atoms with Crippen LogP contribution in [0.2, 0.25) is 0 Å². The van der Waals surface area contributed by atoms with E-state index in [1.807, 2.05) is 12.1 Å². The molecule has 0 saturated heterocycles. The zero-order valence-electron chi connectivity index (χ0n) is 11.8. The van der Waals surface area contributed by atoms with Crippen molar-refractivity contribution in [3.05, 3.63) is 64.7 Å². The van der Waals surface area contributed by atoms with Gasteiger partial charge in [-0.2, -0.15) is 0 Å². The Hall–Kier alpha value is -1.80. The summed E-state index contributed by atoms with van der Waals surface area (Å²) in [6.07, 6.45) is 0. The number of benzene rings is 2. The van der Waals surface area contributed by atoms with Crippen LogP contribution >= 0.6 is 0 Å². The highest BCUT2D eigenvalue weighted by atomic mass is 16.5. The summed E-state index contributed by atoms with van der Waals surface area (Å²) in [5.74, 6) is 0.889. The topological polar surface area (TPSA) is 35.2 Å². The number of hydrogen-bond acceptors (Lipinski definition) is 2. The summed E-state index contributed by atoms with van der Waals surface area (Å²) in [6.45, 7) is 6.70. The molecule has 2 heteroatoms. The molecule has 1 unspecified atom stereocenters. The molecule has 0 aliphatic rings. The molecular formula is C17H21NO. The van der Waals surface area contributed by atoms with Crippen LogP contribution in [0.4, 0.5) is 0 Å². The highest BCUT2D eigenvalue weighted by molar-refractivity contribution is 5.33. The number of nitrogens with two attached hydrogens (primary N) is 1. The lowest BCUT2D eigenvalue weighted by Crippen LogP contribution is -2.19. The van der Waals surface area contributed by atoms with Crippen molar-refractivity contribution in [2.45, 2.75) is 26.8 Å². The minimum atomic E-state index is -0.0959. The summed E-state index contributed by atoms with van der Waals surface area (Å²) >= 11 is 0.